The van der Waals surface area contributed by atoms with Gasteiger partial charge in [-0.3, -0.25) is 4.98 Å². The molecule has 0 aliphatic heterocycles. The second-order valence-electron chi connectivity index (χ2n) is 5.01. The van der Waals surface area contributed by atoms with E-state index in [1.807, 2.05) is 37.1 Å². The van der Waals surface area contributed by atoms with Crippen molar-refractivity contribution in [2.24, 2.45) is 0 Å². The van der Waals surface area contributed by atoms with Crippen molar-refractivity contribution in [2.75, 3.05) is 12.0 Å². The summed E-state index contributed by atoms with van der Waals surface area (Å²) >= 11 is 8.18. The van der Waals surface area contributed by atoms with Gasteiger partial charge in [-0.2, -0.15) is 11.8 Å². The molecule has 3 nitrogen and oxygen atoms in total. The Balaban J connectivity index is 2.02. The highest BCUT2D eigenvalue weighted by Crippen LogP contribution is 2.24. The van der Waals surface area contributed by atoms with Crippen LogP contribution in [0.1, 0.15) is 43.8 Å². The van der Waals surface area contributed by atoms with Crippen molar-refractivity contribution in [1.29, 1.82) is 0 Å². The fourth-order valence-electron chi connectivity index (χ4n) is 2.41. The lowest BCUT2D eigenvalue weighted by Crippen LogP contribution is -2.04. The summed E-state index contributed by atoms with van der Waals surface area (Å²) < 4.78 is 2.25. The molecule has 1 unspecified atom stereocenters. The van der Waals surface area contributed by atoms with Gasteiger partial charge in [-0.15, -0.1) is 11.6 Å². The molecule has 2 heterocycles. The van der Waals surface area contributed by atoms with Crippen LogP contribution in [0.15, 0.2) is 18.5 Å². The Kier molecular flexibility index (Phi) is 6.17. The molecule has 0 saturated heterocycles. The van der Waals surface area contributed by atoms with Crippen LogP contribution in [0.4, 0.5) is 0 Å². The highest BCUT2D eigenvalue weighted by molar-refractivity contribution is 7.98. The molecular formula is C15H22ClN3S. The van der Waals surface area contributed by atoms with Gasteiger partial charge < -0.3 is 4.57 Å². The first-order valence-electron chi connectivity index (χ1n) is 7.17. The number of alkyl halides is 1. The summed E-state index contributed by atoms with van der Waals surface area (Å²) in [4.78, 5) is 8.74. The van der Waals surface area contributed by atoms with Crippen molar-refractivity contribution < 1.29 is 0 Å². The van der Waals surface area contributed by atoms with Gasteiger partial charge in [0.15, 0.2) is 0 Å². The van der Waals surface area contributed by atoms with Gasteiger partial charge in [0.25, 0.3) is 0 Å². The van der Waals surface area contributed by atoms with E-state index < -0.39 is 0 Å². The Morgan fingerprint density at radius 2 is 2.10 bits per heavy atom. The molecule has 0 N–H and O–H groups in total. The van der Waals surface area contributed by atoms with Gasteiger partial charge >= 0.3 is 0 Å². The number of nitrogens with zero attached hydrogens (tertiary/aromatic N) is 3. The third-order valence-corrected chi connectivity index (χ3v) is 4.31. The molecule has 1 atom stereocenters. The molecule has 2 aromatic heterocycles. The normalized spacial score (nSPS) is 12.9. The molecule has 2 rings (SSSR count). The molecule has 0 aliphatic rings. The Labute approximate surface area is 130 Å². The van der Waals surface area contributed by atoms with Crippen molar-refractivity contribution in [2.45, 2.75) is 44.5 Å². The maximum atomic E-state index is 6.25. The summed E-state index contributed by atoms with van der Waals surface area (Å²) in [6, 6.07) is 2.03. The number of hydrogen-bond donors (Lipinski definition) is 0. The topological polar surface area (TPSA) is 30.7 Å². The lowest BCUT2D eigenvalue weighted by Gasteiger charge is -2.10. The monoisotopic (exact) mass is 311 g/mol. The maximum absolute atomic E-state index is 6.25. The Hall–Kier alpha value is -0.740. The third kappa shape index (κ3) is 3.89. The van der Waals surface area contributed by atoms with Gasteiger partial charge in [0.05, 0.1) is 17.1 Å². The van der Waals surface area contributed by atoms with E-state index in [4.69, 9.17) is 11.6 Å². The van der Waals surface area contributed by atoms with Gasteiger partial charge in [-0.1, -0.05) is 12.8 Å². The highest BCUT2D eigenvalue weighted by Gasteiger charge is 2.14. The maximum Gasteiger partial charge on any atom is 0.127 e. The first kappa shape index (κ1) is 15.6. The van der Waals surface area contributed by atoms with E-state index in [1.54, 1.807) is 0 Å². The number of unbranched alkanes of at least 4 members (excludes halogenated alkanes) is 3. The van der Waals surface area contributed by atoms with Gasteiger partial charge in [-0.25, -0.2) is 4.98 Å². The minimum absolute atomic E-state index is 0.0705. The van der Waals surface area contributed by atoms with Crippen LogP contribution in [0.5, 0.6) is 0 Å². The molecule has 0 aromatic carbocycles. The molecule has 0 bridgehead atoms. The number of hydrogen-bond acceptors (Lipinski definition) is 3. The Morgan fingerprint density at radius 3 is 2.85 bits per heavy atom. The first-order valence-corrected chi connectivity index (χ1v) is 9.00. The molecule has 5 heteroatoms. The number of fused-ring (bicyclic) bond motifs is 1. The van der Waals surface area contributed by atoms with E-state index in [1.165, 1.54) is 31.4 Å². The van der Waals surface area contributed by atoms with Crippen LogP contribution in [-0.4, -0.2) is 26.5 Å². The molecule has 110 valence electrons. The summed E-state index contributed by atoms with van der Waals surface area (Å²) in [6.45, 7) is 2.97. The predicted octanol–water partition coefficient (Wildman–Crippen LogP) is 4.65. The second-order valence-corrected chi connectivity index (χ2v) is 6.65. The Morgan fingerprint density at radius 1 is 1.30 bits per heavy atom. The molecular weight excluding hydrogens is 290 g/mol. The number of aromatic nitrogens is 3. The number of halogens is 1. The highest BCUT2D eigenvalue weighted by atomic mass is 35.5. The average Bonchev–Trinajstić information content (AvgIpc) is 2.82. The molecule has 0 amide bonds. The van der Waals surface area contributed by atoms with Gasteiger partial charge in [0.2, 0.25) is 0 Å². The molecule has 0 aliphatic carbocycles. The molecule has 0 fully saturated rings. The fraction of sp³-hybridized carbons (Fsp3) is 0.600. The third-order valence-electron chi connectivity index (χ3n) is 3.42. The van der Waals surface area contributed by atoms with E-state index >= 15 is 0 Å². The van der Waals surface area contributed by atoms with E-state index in [9.17, 15) is 0 Å². The zero-order valence-electron chi connectivity index (χ0n) is 12.2. The molecule has 0 saturated carbocycles. The summed E-state index contributed by atoms with van der Waals surface area (Å²) in [6.07, 6.45) is 10.9. The number of thioether (sulfide) groups is 1. The van der Waals surface area contributed by atoms with E-state index in [-0.39, 0.29) is 5.38 Å². The second kappa shape index (κ2) is 7.89. The zero-order valence-corrected chi connectivity index (χ0v) is 13.8. The van der Waals surface area contributed by atoms with Crippen molar-refractivity contribution in [1.82, 2.24) is 14.5 Å². The van der Waals surface area contributed by atoms with Crippen LogP contribution in [0.2, 0.25) is 0 Å². The fourth-order valence-corrected chi connectivity index (χ4v) is 3.07. The largest absolute Gasteiger partial charge is 0.327 e. The van der Waals surface area contributed by atoms with Crippen molar-refractivity contribution in [3.8, 4) is 0 Å². The van der Waals surface area contributed by atoms with E-state index in [0.29, 0.717) is 0 Å². The summed E-state index contributed by atoms with van der Waals surface area (Å²) in [5.74, 6) is 2.22. The SMILES string of the molecule is CSCCCCCCn1c(C(C)Cl)nc2cnccc21. The van der Waals surface area contributed by atoms with Crippen molar-refractivity contribution >= 4 is 34.4 Å². The van der Waals surface area contributed by atoms with Gasteiger partial charge in [0, 0.05) is 12.7 Å². The predicted molar refractivity (Wildman–Crippen MR) is 88.6 cm³/mol. The number of rotatable bonds is 8. The molecule has 0 spiro atoms. The lowest BCUT2D eigenvalue weighted by atomic mass is 10.2. The summed E-state index contributed by atoms with van der Waals surface area (Å²) in [5, 5.41) is -0.0705. The number of aryl methyl sites for hydroxylation is 1. The minimum atomic E-state index is -0.0705. The molecule has 2 aromatic rings. The van der Waals surface area contributed by atoms with Crippen LogP contribution in [0.25, 0.3) is 11.0 Å². The first-order chi connectivity index (χ1) is 9.74. The van der Waals surface area contributed by atoms with E-state index in [0.717, 1.165) is 23.4 Å². The van der Waals surface area contributed by atoms with E-state index in [2.05, 4.69) is 20.8 Å². The van der Waals surface area contributed by atoms with Crippen LogP contribution in [0, 0.1) is 0 Å². The number of imidazole rings is 1. The quantitative estimate of drug-likeness (QED) is 0.525. The van der Waals surface area contributed by atoms with Crippen LogP contribution in [-0.2, 0) is 6.54 Å². The molecule has 20 heavy (non-hydrogen) atoms. The lowest BCUT2D eigenvalue weighted by molar-refractivity contribution is 0.575. The van der Waals surface area contributed by atoms with Crippen LogP contribution >= 0.6 is 23.4 Å². The van der Waals surface area contributed by atoms with Gasteiger partial charge in [-0.05, 0) is 37.8 Å². The minimum Gasteiger partial charge on any atom is -0.327 e. The summed E-state index contributed by atoms with van der Waals surface area (Å²) in [7, 11) is 0. The molecule has 0 radical (unpaired) electrons. The number of pyridine rings is 1. The standard InChI is InChI=1S/C15H22ClN3S/c1-12(16)15-18-13-11-17-8-7-14(13)19(15)9-5-3-4-6-10-20-2/h7-8,11-12H,3-6,9-10H2,1-2H3. The zero-order chi connectivity index (χ0) is 14.4. The van der Waals surface area contributed by atoms with Crippen LogP contribution < -0.4 is 0 Å². The van der Waals surface area contributed by atoms with Crippen LogP contribution in [0.3, 0.4) is 0 Å². The average molecular weight is 312 g/mol. The van der Waals surface area contributed by atoms with Crippen molar-refractivity contribution in [3.05, 3.63) is 24.3 Å². The smallest absolute Gasteiger partial charge is 0.127 e. The van der Waals surface area contributed by atoms with Crippen molar-refractivity contribution in [3.63, 3.8) is 0 Å². The Bertz CT molecular complexity index is 539. The van der Waals surface area contributed by atoms with Gasteiger partial charge in [0.1, 0.15) is 11.3 Å². The summed E-state index contributed by atoms with van der Waals surface area (Å²) in [5.41, 5.74) is 2.09.